The van der Waals surface area contributed by atoms with Gasteiger partial charge in [-0.25, -0.2) is 9.69 Å². The zero-order chi connectivity index (χ0) is 29.5. The first-order valence-corrected chi connectivity index (χ1v) is 13.2. The molecule has 0 atom stereocenters. The summed E-state index contributed by atoms with van der Waals surface area (Å²) >= 11 is 6.47. The third kappa shape index (κ3) is 7.64. The fraction of sp³-hybridized carbons (Fsp3) is 0.200. The van der Waals surface area contributed by atoms with Crippen molar-refractivity contribution in [2.45, 2.75) is 20.8 Å². The Morgan fingerprint density at radius 3 is 2.37 bits per heavy atom. The van der Waals surface area contributed by atoms with Crippen molar-refractivity contribution >= 4 is 52.8 Å². The van der Waals surface area contributed by atoms with Crippen LogP contribution >= 0.6 is 11.6 Å². The molecule has 0 saturated carbocycles. The molecule has 11 heteroatoms. The van der Waals surface area contributed by atoms with Crippen LogP contribution in [0, 0.1) is 13.8 Å². The lowest BCUT2D eigenvalue weighted by atomic mass is 10.1. The van der Waals surface area contributed by atoms with Crippen molar-refractivity contribution in [3.8, 4) is 11.5 Å². The number of carbonyl (C=O) groups excluding carboxylic acids is 4. The summed E-state index contributed by atoms with van der Waals surface area (Å²) in [6, 6.07) is 16.9. The molecular weight excluding hydrogens is 548 g/mol. The minimum atomic E-state index is -0.726. The number of carbonyl (C=O) groups is 4. The Labute approximate surface area is 242 Å². The van der Waals surface area contributed by atoms with Crippen LogP contribution in [0.5, 0.6) is 11.5 Å². The van der Waals surface area contributed by atoms with E-state index in [1.165, 1.54) is 12.1 Å². The molecule has 0 radical (unpaired) electrons. The van der Waals surface area contributed by atoms with Gasteiger partial charge >= 0.3 is 6.03 Å². The molecule has 5 amide bonds. The molecule has 10 nitrogen and oxygen atoms in total. The lowest BCUT2D eigenvalue weighted by Gasteiger charge is -2.15. The molecule has 1 aliphatic heterocycles. The van der Waals surface area contributed by atoms with Crippen LogP contribution in [0.3, 0.4) is 0 Å². The number of benzene rings is 3. The first kappa shape index (κ1) is 29.2. The average Bonchev–Trinajstić information content (AvgIpc) is 3.17. The smallest absolute Gasteiger partial charge is 0.329 e. The second-order valence-electron chi connectivity index (χ2n) is 9.26. The number of imide groups is 1. The van der Waals surface area contributed by atoms with E-state index in [0.29, 0.717) is 16.9 Å². The van der Waals surface area contributed by atoms with Gasteiger partial charge in [0, 0.05) is 11.4 Å². The van der Waals surface area contributed by atoms with Gasteiger partial charge < -0.3 is 25.4 Å². The molecule has 3 aromatic rings. The fourth-order valence-corrected chi connectivity index (χ4v) is 4.27. The Morgan fingerprint density at radius 1 is 0.927 bits per heavy atom. The molecule has 0 bridgehead atoms. The maximum absolute atomic E-state index is 12.9. The Bertz CT molecular complexity index is 1520. The molecule has 1 fully saturated rings. The standard InChI is InChI=1S/C30H29ClN4O6/c1-4-40-25-15-20(13-23(31)28(25)41-17-27(37)32-21-10-8-18(2)9-11-21)14-24-29(38)35(30(39)34-24)16-26(36)33-22-7-5-6-19(3)12-22/h5-15H,4,16-17H2,1-3H3,(H,32,37)(H,33,36)(H,34,39)/b24-14+. The molecule has 1 saturated heterocycles. The van der Waals surface area contributed by atoms with Crippen LogP contribution in [0.4, 0.5) is 16.2 Å². The minimum Gasteiger partial charge on any atom is -0.490 e. The first-order valence-electron chi connectivity index (χ1n) is 12.8. The summed E-state index contributed by atoms with van der Waals surface area (Å²) in [5.41, 5.74) is 3.61. The summed E-state index contributed by atoms with van der Waals surface area (Å²) in [5, 5.41) is 8.04. The highest BCUT2D eigenvalue weighted by atomic mass is 35.5. The van der Waals surface area contributed by atoms with Crippen molar-refractivity contribution in [1.82, 2.24) is 10.2 Å². The number of aryl methyl sites for hydroxylation is 2. The molecule has 1 aliphatic rings. The Morgan fingerprint density at radius 2 is 1.66 bits per heavy atom. The Hall–Kier alpha value is -4.83. The van der Waals surface area contributed by atoms with E-state index in [-0.39, 0.29) is 41.3 Å². The number of halogens is 1. The number of hydrogen-bond acceptors (Lipinski definition) is 6. The Kier molecular flexibility index (Phi) is 9.26. The van der Waals surface area contributed by atoms with Crippen LogP contribution in [-0.2, 0) is 14.4 Å². The minimum absolute atomic E-state index is 0.0389. The average molecular weight is 577 g/mol. The van der Waals surface area contributed by atoms with Crippen LogP contribution in [0.2, 0.25) is 5.02 Å². The van der Waals surface area contributed by atoms with Gasteiger partial charge in [0.05, 0.1) is 11.6 Å². The van der Waals surface area contributed by atoms with Gasteiger partial charge in [-0.15, -0.1) is 0 Å². The van der Waals surface area contributed by atoms with Gasteiger partial charge in [0.25, 0.3) is 11.8 Å². The fourth-order valence-electron chi connectivity index (χ4n) is 3.99. The Balaban J connectivity index is 1.44. The van der Waals surface area contributed by atoms with Crippen molar-refractivity contribution in [3.05, 3.63) is 88.1 Å². The summed E-state index contributed by atoms with van der Waals surface area (Å²) in [6.07, 6.45) is 1.42. The molecule has 212 valence electrons. The van der Waals surface area contributed by atoms with E-state index in [1.807, 2.05) is 32.0 Å². The highest BCUT2D eigenvalue weighted by Crippen LogP contribution is 2.37. The lowest BCUT2D eigenvalue weighted by molar-refractivity contribution is -0.127. The quantitative estimate of drug-likeness (QED) is 0.233. The zero-order valence-electron chi connectivity index (χ0n) is 22.7. The second-order valence-corrected chi connectivity index (χ2v) is 9.67. The van der Waals surface area contributed by atoms with Crippen LogP contribution in [0.1, 0.15) is 23.6 Å². The van der Waals surface area contributed by atoms with Gasteiger partial charge in [0.2, 0.25) is 5.91 Å². The largest absolute Gasteiger partial charge is 0.490 e. The normalized spacial score (nSPS) is 13.7. The molecule has 0 aromatic heterocycles. The molecule has 3 aromatic carbocycles. The van der Waals surface area contributed by atoms with E-state index in [9.17, 15) is 19.2 Å². The summed E-state index contributed by atoms with van der Waals surface area (Å²) in [4.78, 5) is 51.1. The van der Waals surface area contributed by atoms with Gasteiger partial charge in [-0.2, -0.15) is 0 Å². The summed E-state index contributed by atoms with van der Waals surface area (Å²) in [5.74, 6) is -1.16. The van der Waals surface area contributed by atoms with Crippen molar-refractivity contribution in [2.75, 3.05) is 30.4 Å². The molecule has 1 heterocycles. The van der Waals surface area contributed by atoms with E-state index in [1.54, 1.807) is 43.3 Å². The monoisotopic (exact) mass is 576 g/mol. The van der Waals surface area contributed by atoms with Gasteiger partial charge in [0.15, 0.2) is 18.1 Å². The molecule has 0 unspecified atom stereocenters. The second kappa shape index (κ2) is 13.0. The van der Waals surface area contributed by atoms with Gasteiger partial charge in [-0.3, -0.25) is 14.4 Å². The molecule has 3 N–H and O–H groups in total. The van der Waals surface area contributed by atoms with Crippen molar-refractivity contribution in [3.63, 3.8) is 0 Å². The van der Waals surface area contributed by atoms with Crippen LogP contribution in [0.25, 0.3) is 6.08 Å². The van der Waals surface area contributed by atoms with Crippen molar-refractivity contribution in [2.24, 2.45) is 0 Å². The van der Waals surface area contributed by atoms with Gasteiger partial charge in [-0.05, 0) is 74.4 Å². The summed E-state index contributed by atoms with van der Waals surface area (Å²) < 4.78 is 11.3. The van der Waals surface area contributed by atoms with E-state index < -0.39 is 24.4 Å². The number of nitrogens with zero attached hydrogens (tertiary/aromatic N) is 1. The molecule has 41 heavy (non-hydrogen) atoms. The van der Waals surface area contributed by atoms with Gasteiger partial charge in [-0.1, -0.05) is 41.4 Å². The van der Waals surface area contributed by atoms with Crippen LogP contribution < -0.4 is 25.4 Å². The molecule has 0 spiro atoms. The first-order chi connectivity index (χ1) is 19.6. The predicted octanol–water partition coefficient (Wildman–Crippen LogP) is 4.90. The van der Waals surface area contributed by atoms with E-state index in [0.717, 1.165) is 16.0 Å². The number of ether oxygens (including phenoxy) is 2. The lowest BCUT2D eigenvalue weighted by Crippen LogP contribution is -2.38. The summed E-state index contributed by atoms with van der Waals surface area (Å²) in [6.45, 7) is 5.11. The molecule has 0 aliphatic carbocycles. The third-order valence-electron chi connectivity index (χ3n) is 5.89. The van der Waals surface area contributed by atoms with E-state index in [2.05, 4.69) is 16.0 Å². The van der Waals surface area contributed by atoms with Crippen molar-refractivity contribution in [1.29, 1.82) is 0 Å². The molecular formula is C30H29ClN4O6. The number of nitrogens with one attached hydrogen (secondary N) is 3. The van der Waals surface area contributed by atoms with Crippen molar-refractivity contribution < 1.29 is 28.7 Å². The number of anilines is 2. The topological polar surface area (TPSA) is 126 Å². The van der Waals surface area contributed by atoms with E-state index >= 15 is 0 Å². The SMILES string of the molecule is CCOc1cc(/C=C2/NC(=O)N(CC(=O)Nc3cccc(C)c3)C2=O)cc(Cl)c1OCC(=O)Nc1ccc(C)cc1. The predicted molar refractivity (Wildman–Crippen MR) is 156 cm³/mol. The maximum Gasteiger partial charge on any atom is 0.329 e. The highest BCUT2D eigenvalue weighted by molar-refractivity contribution is 6.32. The summed E-state index contributed by atoms with van der Waals surface area (Å²) in [7, 11) is 0. The highest BCUT2D eigenvalue weighted by Gasteiger charge is 2.35. The number of amides is 5. The van der Waals surface area contributed by atoms with E-state index in [4.69, 9.17) is 21.1 Å². The van der Waals surface area contributed by atoms with Gasteiger partial charge in [0.1, 0.15) is 12.2 Å². The van der Waals surface area contributed by atoms with Crippen LogP contribution in [-0.4, -0.2) is 48.4 Å². The number of urea groups is 1. The number of hydrogen-bond donors (Lipinski definition) is 3. The molecule has 4 rings (SSSR count). The van der Waals surface area contributed by atoms with Crippen LogP contribution in [0.15, 0.2) is 66.4 Å². The third-order valence-corrected chi connectivity index (χ3v) is 6.17. The zero-order valence-corrected chi connectivity index (χ0v) is 23.5. The number of rotatable bonds is 10. The maximum atomic E-state index is 12.9.